The first-order valence-corrected chi connectivity index (χ1v) is 8.78. The van der Waals surface area contributed by atoms with Crippen LogP contribution in [0.3, 0.4) is 0 Å². The number of nitrogens with one attached hydrogen (secondary N) is 2. The molecule has 10 heteroatoms. The molecule has 2 N–H and O–H groups in total. The summed E-state index contributed by atoms with van der Waals surface area (Å²) >= 11 is 12.2. The lowest BCUT2D eigenvalue weighted by molar-refractivity contribution is -0.383. The molecule has 0 atom stereocenters. The summed E-state index contributed by atoms with van der Waals surface area (Å²) in [5.41, 5.74) is 1.53. The van der Waals surface area contributed by atoms with Crippen molar-refractivity contribution >= 4 is 51.9 Å². The highest BCUT2D eigenvalue weighted by Gasteiger charge is 2.24. The summed E-state index contributed by atoms with van der Waals surface area (Å²) < 4.78 is 5.30. The lowest BCUT2D eigenvalue weighted by Gasteiger charge is -2.13. The predicted octanol–water partition coefficient (Wildman–Crippen LogP) is 5.50. The number of nitro groups is 1. The Kier molecular flexibility index (Phi) is 5.81. The molecule has 3 aromatic rings. The summed E-state index contributed by atoms with van der Waals surface area (Å²) in [6.07, 6.45) is 1.21. The monoisotopic (exact) mass is 419 g/mol. The lowest BCUT2D eigenvalue weighted by atomic mass is 10.2. The second-order valence-electron chi connectivity index (χ2n) is 5.73. The summed E-state index contributed by atoms with van der Waals surface area (Å²) in [7, 11) is 1.51. The van der Waals surface area contributed by atoms with Gasteiger partial charge in [-0.1, -0.05) is 35.3 Å². The van der Waals surface area contributed by atoms with Crippen molar-refractivity contribution in [3.05, 3.63) is 68.4 Å². The van der Waals surface area contributed by atoms with Crippen molar-refractivity contribution in [2.45, 2.75) is 6.92 Å². The minimum Gasteiger partial charge on any atom is -0.495 e. The summed E-state index contributed by atoms with van der Waals surface area (Å²) in [5, 5.41) is 18.1. The van der Waals surface area contributed by atoms with Gasteiger partial charge in [0.2, 0.25) is 11.6 Å². The van der Waals surface area contributed by atoms with Gasteiger partial charge in [0.25, 0.3) is 0 Å². The molecule has 0 radical (unpaired) electrons. The third kappa shape index (κ3) is 4.08. The second-order valence-corrected chi connectivity index (χ2v) is 6.52. The molecule has 144 valence electrons. The first-order valence-electron chi connectivity index (χ1n) is 8.02. The highest BCUT2D eigenvalue weighted by molar-refractivity contribution is 6.43. The normalized spacial score (nSPS) is 10.4. The average molecular weight is 420 g/mol. The number of nitrogens with zero attached hydrogens (tertiary/aromatic N) is 3. The van der Waals surface area contributed by atoms with Crippen LogP contribution < -0.4 is 15.4 Å². The van der Waals surface area contributed by atoms with E-state index in [0.29, 0.717) is 22.1 Å². The van der Waals surface area contributed by atoms with Gasteiger partial charge in [-0.2, -0.15) is 0 Å². The van der Waals surface area contributed by atoms with Crippen molar-refractivity contribution in [1.82, 2.24) is 9.97 Å². The average Bonchev–Trinajstić information content (AvgIpc) is 2.65. The Bertz CT molecular complexity index is 1050. The van der Waals surface area contributed by atoms with E-state index in [1.165, 1.54) is 13.4 Å². The third-order valence-corrected chi connectivity index (χ3v) is 4.64. The van der Waals surface area contributed by atoms with E-state index in [2.05, 4.69) is 20.6 Å². The fraction of sp³-hybridized carbons (Fsp3) is 0.111. The van der Waals surface area contributed by atoms with Crippen molar-refractivity contribution in [2.75, 3.05) is 17.7 Å². The smallest absolute Gasteiger partial charge is 0.353 e. The molecule has 0 saturated carbocycles. The molecule has 1 heterocycles. The van der Waals surface area contributed by atoms with Crippen LogP contribution in [0.4, 0.5) is 28.7 Å². The van der Waals surface area contributed by atoms with Crippen LogP contribution in [0.5, 0.6) is 5.75 Å². The lowest BCUT2D eigenvalue weighted by Crippen LogP contribution is -2.06. The highest BCUT2D eigenvalue weighted by atomic mass is 35.5. The van der Waals surface area contributed by atoms with Crippen LogP contribution in [0.1, 0.15) is 5.56 Å². The molecule has 3 rings (SSSR count). The minimum absolute atomic E-state index is 0.00421. The molecule has 0 spiro atoms. The third-order valence-electron chi connectivity index (χ3n) is 3.82. The number of benzene rings is 2. The number of halogens is 2. The zero-order valence-electron chi connectivity index (χ0n) is 14.9. The number of methoxy groups -OCH3 is 1. The molecule has 0 fully saturated rings. The van der Waals surface area contributed by atoms with Crippen LogP contribution in [-0.4, -0.2) is 22.0 Å². The molecule has 1 aromatic heterocycles. The first-order chi connectivity index (χ1) is 13.4. The summed E-state index contributed by atoms with van der Waals surface area (Å²) in [6, 6.07) is 10.3. The molecule has 0 aliphatic rings. The van der Waals surface area contributed by atoms with Crippen LogP contribution >= 0.6 is 23.2 Å². The molecule has 0 aliphatic carbocycles. The van der Waals surface area contributed by atoms with Gasteiger partial charge in [-0.25, -0.2) is 9.97 Å². The number of anilines is 4. The summed E-state index contributed by atoms with van der Waals surface area (Å²) in [5.74, 6) is 0.494. The Hall–Kier alpha value is -3.10. The van der Waals surface area contributed by atoms with Gasteiger partial charge in [0, 0.05) is 0 Å². The maximum atomic E-state index is 11.8. The topological polar surface area (TPSA) is 102 Å². The SMILES string of the molecule is COc1ccc(C)cc1Nc1ncnc(Nc2cccc(Cl)c2Cl)c1[N+](=O)[O-]. The first kappa shape index (κ1) is 19.7. The van der Waals surface area contributed by atoms with Crippen molar-refractivity contribution in [3.8, 4) is 5.75 Å². The highest BCUT2D eigenvalue weighted by Crippen LogP contribution is 2.38. The van der Waals surface area contributed by atoms with Gasteiger partial charge in [0.05, 0.1) is 33.5 Å². The number of rotatable bonds is 6. The molecule has 0 bridgehead atoms. The van der Waals surface area contributed by atoms with E-state index in [4.69, 9.17) is 27.9 Å². The fourth-order valence-electron chi connectivity index (χ4n) is 2.51. The van der Waals surface area contributed by atoms with Crippen LogP contribution in [0.15, 0.2) is 42.7 Å². The molecular weight excluding hydrogens is 405 g/mol. The molecule has 2 aromatic carbocycles. The maximum Gasteiger partial charge on any atom is 0.353 e. The summed E-state index contributed by atoms with van der Waals surface area (Å²) in [4.78, 5) is 19.2. The van der Waals surface area contributed by atoms with E-state index in [9.17, 15) is 10.1 Å². The number of aromatic nitrogens is 2. The van der Waals surface area contributed by atoms with E-state index in [-0.39, 0.29) is 22.3 Å². The van der Waals surface area contributed by atoms with Crippen molar-refractivity contribution < 1.29 is 9.66 Å². The van der Waals surface area contributed by atoms with Crippen molar-refractivity contribution in [3.63, 3.8) is 0 Å². The number of aryl methyl sites for hydroxylation is 1. The van der Waals surface area contributed by atoms with E-state index in [1.807, 2.05) is 13.0 Å². The fourth-order valence-corrected chi connectivity index (χ4v) is 2.86. The maximum absolute atomic E-state index is 11.8. The van der Waals surface area contributed by atoms with Crippen molar-refractivity contribution in [1.29, 1.82) is 0 Å². The quantitative estimate of drug-likeness (QED) is 0.401. The number of ether oxygens (including phenoxy) is 1. The Morgan fingerprint density at radius 2 is 1.75 bits per heavy atom. The van der Waals surface area contributed by atoms with Crippen LogP contribution in [0, 0.1) is 17.0 Å². The number of hydrogen-bond acceptors (Lipinski definition) is 7. The summed E-state index contributed by atoms with van der Waals surface area (Å²) in [6.45, 7) is 1.90. The Morgan fingerprint density at radius 1 is 1.07 bits per heavy atom. The van der Waals surface area contributed by atoms with E-state index in [0.717, 1.165) is 5.56 Å². The van der Waals surface area contributed by atoms with Crippen LogP contribution in [-0.2, 0) is 0 Å². The molecule has 0 unspecified atom stereocenters. The van der Waals surface area contributed by atoms with Gasteiger partial charge < -0.3 is 15.4 Å². The van der Waals surface area contributed by atoms with E-state index < -0.39 is 4.92 Å². The van der Waals surface area contributed by atoms with Gasteiger partial charge in [-0.05, 0) is 36.8 Å². The van der Waals surface area contributed by atoms with Gasteiger partial charge >= 0.3 is 5.69 Å². The minimum atomic E-state index is -0.578. The second kappa shape index (κ2) is 8.28. The van der Waals surface area contributed by atoms with E-state index >= 15 is 0 Å². The molecule has 28 heavy (non-hydrogen) atoms. The van der Waals surface area contributed by atoms with Gasteiger partial charge in [-0.15, -0.1) is 0 Å². The zero-order valence-corrected chi connectivity index (χ0v) is 16.4. The van der Waals surface area contributed by atoms with Gasteiger partial charge in [0.1, 0.15) is 12.1 Å². The standard InChI is InChI=1S/C18H15Cl2N5O3/c1-10-6-7-14(28-2)13(8-10)24-18-16(25(26)27)17(21-9-22-18)23-12-5-3-4-11(19)15(12)20/h3-9H,1-2H3,(H2,21,22,23,24). The Labute approximate surface area is 170 Å². The Morgan fingerprint density at radius 3 is 2.39 bits per heavy atom. The number of hydrogen-bond donors (Lipinski definition) is 2. The molecule has 0 saturated heterocycles. The van der Waals surface area contributed by atoms with Crippen LogP contribution in [0.25, 0.3) is 0 Å². The zero-order chi connectivity index (χ0) is 20.3. The Balaban J connectivity index is 2.04. The molecule has 0 amide bonds. The van der Waals surface area contributed by atoms with Gasteiger partial charge in [-0.3, -0.25) is 10.1 Å². The predicted molar refractivity (Wildman–Crippen MR) is 109 cm³/mol. The van der Waals surface area contributed by atoms with Gasteiger partial charge in [0.15, 0.2) is 0 Å². The molecule has 0 aliphatic heterocycles. The largest absolute Gasteiger partial charge is 0.495 e. The van der Waals surface area contributed by atoms with Crippen LogP contribution in [0.2, 0.25) is 10.0 Å². The van der Waals surface area contributed by atoms with Crippen molar-refractivity contribution in [2.24, 2.45) is 0 Å². The molecular formula is C18H15Cl2N5O3. The molecule has 8 nitrogen and oxygen atoms in total. The van der Waals surface area contributed by atoms with E-state index in [1.54, 1.807) is 30.3 Å².